The number of hydrogen-bond donors (Lipinski definition) is 0. The first-order valence-corrected chi connectivity index (χ1v) is 4.21. The van der Waals surface area contributed by atoms with Crippen LogP contribution in [0.4, 0.5) is 0 Å². The van der Waals surface area contributed by atoms with Gasteiger partial charge in [0.1, 0.15) is 0 Å². The Hall–Kier alpha value is -1.12. The number of rotatable bonds is 0. The lowest BCUT2D eigenvalue weighted by Gasteiger charge is -2.12. The lowest BCUT2D eigenvalue weighted by Crippen LogP contribution is -2.21. The van der Waals surface area contributed by atoms with E-state index in [2.05, 4.69) is 4.74 Å². The average Bonchev–Trinajstić information content (AvgIpc) is 2.64. The van der Waals surface area contributed by atoms with Gasteiger partial charge in [-0.1, -0.05) is 12.2 Å². The third kappa shape index (κ3) is 0.543. The molecule has 0 unspecified atom stereocenters. The van der Waals surface area contributed by atoms with Gasteiger partial charge >= 0.3 is 11.9 Å². The number of fused-ring (bicyclic) bond motifs is 5. The van der Waals surface area contributed by atoms with Crippen LogP contribution in [-0.4, -0.2) is 11.9 Å². The third-order valence-electron chi connectivity index (χ3n) is 3.20. The molecule has 1 saturated carbocycles. The first-order chi connectivity index (χ1) is 5.77. The molecule has 0 N–H and O–H groups in total. The summed E-state index contributed by atoms with van der Waals surface area (Å²) in [6.07, 6.45) is 5.06. The van der Waals surface area contributed by atoms with Gasteiger partial charge in [-0.2, -0.15) is 0 Å². The Labute approximate surface area is 69.4 Å². The van der Waals surface area contributed by atoms with E-state index in [0.29, 0.717) is 0 Å². The van der Waals surface area contributed by atoms with Gasteiger partial charge in [-0.05, 0) is 18.3 Å². The van der Waals surface area contributed by atoms with Crippen LogP contribution in [-0.2, 0) is 14.3 Å². The highest BCUT2D eigenvalue weighted by Gasteiger charge is 2.57. The van der Waals surface area contributed by atoms with Gasteiger partial charge in [0.25, 0.3) is 0 Å². The van der Waals surface area contributed by atoms with Crippen LogP contribution in [0.5, 0.6) is 0 Å². The minimum atomic E-state index is -0.304. The van der Waals surface area contributed by atoms with E-state index in [1.165, 1.54) is 0 Å². The normalized spacial score (nSPS) is 48.3. The minimum absolute atomic E-state index is 0.146. The molecule has 3 rings (SSSR count). The van der Waals surface area contributed by atoms with Gasteiger partial charge in [0, 0.05) is 0 Å². The van der Waals surface area contributed by atoms with Crippen LogP contribution in [0.1, 0.15) is 6.42 Å². The number of ether oxygens (including phenoxy) is 1. The van der Waals surface area contributed by atoms with Crippen LogP contribution >= 0.6 is 0 Å². The summed E-state index contributed by atoms with van der Waals surface area (Å²) < 4.78 is 4.59. The Kier molecular flexibility index (Phi) is 0.953. The van der Waals surface area contributed by atoms with Crippen LogP contribution in [0, 0.1) is 23.7 Å². The van der Waals surface area contributed by atoms with Crippen molar-refractivity contribution in [2.75, 3.05) is 0 Å². The summed E-state index contributed by atoms with van der Waals surface area (Å²) in [6, 6.07) is 0. The van der Waals surface area contributed by atoms with Crippen molar-refractivity contribution < 1.29 is 14.3 Å². The van der Waals surface area contributed by atoms with Crippen molar-refractivity contribution in [1.82, 2.24) is 0 Å². The lowest BCUT2D eigenvalue weighted by molar-refractivity contribution is -0.154. The SMILES string of the molecule is O=C1OC(=O)[C@H]2[C@@H]1[C@@H]1C=C[C@H]2C1. The van der Waals surface area contributed by atoms with E-state index in [0.717, 1.165) is 6.42 Å². The highest BCUT2D eigenvalue weighted by molar-refractivity contribution is 5.98. The van der Waals surface area contributed by atoms with E-state index in [-0.39, 0.29) is 35.6 Å². The van der Waals surface area contributed by atoms with E-state index >= 15 is 0 Å². The molecule has 3 nitrogen and oxygen atoms in total. The van der Waals surface area contributed by atoms with Gasteiger partial charge in [-0.15, -0.1) is 0 Å². The second kappa shape index (κ2) is 1.79. The van der Waals surface area contributed by atoms with Crippen molar-refractivity contribution in [1.29, 1.82) is 0 Å². The zero-order chi connectivity index (χ0) is 8.29. The monoisotopic (exact) mass is 164 g/mol. The maximum atomic E-state index is 11.2. The molecule has 4 atom stereocenters. The molecular formula is C9H8O3. The molecule has 3 aliphatic rings. The summed E-state index contributed by atoms with van der Waals surface area (Å²) in [6.45, 7) is 0. The molecule has 0 aromatic rings. The lowest BCUT2D eigenvalue weighted by atomic mass is 9.85. The summed E-state index contributed by atoms with van der Waals surface area (Å²) in [5.74, 6) is -0.346. The molecule has 1 aliphatic heterocycles. The van der Waals surface area contributed by atoms with Crippen LogP contribution < -0.4 is 0 Å². The molecule has 0 radical (unpaired) electrons. The van der Waals surface area contributed by atoms with E-state index in [1.807, 2.05) is 12.2 Å². The first kappa shape index (κ1) is 6.40. The zero-order valence-electron chi connectivity index (χ0n) is 6.40. The average molecular weight is 164 g/mol. The van der Waals surface area contributed by atoms with Gasteiger partial charge in [0.2, 0.25) is 0 Å². The molecule has 12 heavy (non-hydrogen) atoms. The van der Waals surface area contributed by atoms with Crippen LogP contribution in [0.25, 0.3) is 0 Å². The van der Waals surface area contributed by atoms with Gasteiger partial charge in [0.15, 0.2) is 0 Å². The number of cyclic esters (lactones) is 2. The van der Waals surface area contributed by atoms with Crippen LogP contribution in [0.3, 0.4) is 0 Å². The van der Waals surface area contributed by atoms with Crippen molar-refractivity contribution in [2.24, 2.45) is 23.7 Å². The number of esters is 2. The smallest absolute Gasteiger partial charge is 0.318 e. The van der Waals surface area contributed by atoms with Gasteiger partial charge in [0.05, 0.1) is 11.8 Å². The van der Waals surface area contributed by atoms with Gasteiger partial charge in [-0.3, -0.25) is 9.59 Å². The Morgan fingerprint density at radius 3 is 2.08 bits per heavy atom. The number of carbonyl (C=O) groups is 2. The summed E-state index contributed by atoms with van der Waals surface area (Å²) in [4.78, 5) is 22.4. The molecule has 0 amide bonds. The predicted molar refractivity (Wildman–Crippen MR) is 38.8 cm³/mol. The summed E-state index contributed by atoms with van der Waals surface area (Å²) in [5, 5.41) is 0. The van der Waals surface area contributed by atoms with Crippen LogP contribution in [0.15, 0.2) is 12.2 Å². The van der Waals surface area contributed by atoms with Crippen molar-refractivity contribution in [2.45, 2.75) is 6.42 Å². The van der Waals surface area contributed by atoms with Gasteiger partial charge < -0.3 is 4.74 Å². The second-order valence-electron chi connectivity index (χ2n) is 3.74. The molecule has 2 fully saturated rings. The molecule has 2 bridgehead atoms. The van der Waals surface area contributed by atoms with Gasteiger partial charge in [-0.25, -0.2) is 0 Å². The minimum Gasteiger partial charge on any atom is -0.393 e. The Morgan fingerprint density at radius 1 is 1.08 bits per heavy atom. The van der Waals surface area contributed by atoms with Crippen molar-refractivity contribution in [3.8, 4) is 0 Å². The van der Waals surface area contributed by atoms with Crippen molar-refractivity contribution in [3.63, 3.8) is 0 Å². The van der Waals surface area contributed by atoms with E-state index in [9.17, 15) is 9.59 Å². The number of hydrogen-bond acceptors (Lipinski definition) is 3. The maximum Gasteiger partial charge on any atom is 0.318 e. The van der Waals surface area contributed by atoms with Crippen molar-refractivity contribution >= 4 is 11.9 Å². The molecular weight excluding hydrogens is 156 g/mol. The molecule has 2 aliphatic carbocycles. The zero-order valence-corrected chi connectivity index (χ0v) is 6.40. The molecule has 0 aromatic heterocycles. The third-order valence-corrected chi connectivity index (χ3v) is 3.20. The standard InChI is InChI=1S/C9H8O3/c10-8-6-4-1-2-5(3-4)7(6)9(11)12-8/h1-2,4-7H,3H2/t4-,5+,6+,7-. The summed E-state index contributed by atoms with van der Waals surface area (Å²) in [7, 11) is 0. The fourth-order valence-corrected chi connectivity index (χ4v) is 2.70. The fraction of sp³-hybridized carbons (Fsp3) is 0.556. The number of allylic oxidation sites excluding steroid dienone is 2. The van der Waals surface area contributed by atoms with E-state index in [1.54, 1.807) is 0 Å². The largest absolute Gasteiger partial charge is 0.393 e. The predicted octanol–water partition coefficient (Wildman–Crippen LogP) is 0.508. The van der Waals surface area contributed by atoms with Crippen molar-refractivity contribution in [3.05, 3.63) is 12.2 Å². The summed E-state index contributed by atoms with van der Waals surface area (Å²) >= 11 is 0. The topological polar surface area (TPSA) is 43.4 Å². The Bertz CT molecular complexity index is 277. The Morgan fingerprint density at radius 2 is 1.58 bits per heavy atom. The molecule has 0 aromatic carbocycles. The highest BCUT2D eigenvalue weighted by atomic mass is 16.6. The maximum absolute atomic E-state index is 11.2. The summed E-state index contributed by atoms with van der Waals surface area (Å²) in [5.41, 5.74) is 0. The fourth-order valence-electron chi connectivity index (χ4n) is 2.70. The van der Waals surface area contributed by atoms with Crippen LogP contribution in [0.2, 0.25) is 0 Å². The molecule has 62 valence electrons. The molecule has 1 saturated heterocycles. The molecule has 0 spiro atoms. The van der Waals surface area contributed by atoms with E-state index < -0.39 is 0 Å². The Balaban J connectivity index is 2.08. The quantitative estimate of drug-likeness (QED) is 0.297. The molecule has 3 heteroatoms. The molecule has 1 heterocycles. The highest BCUT2D eigenvalue weighted by Crippen LogP contribution is 2.51. The first-order valence-electron chi connectivity index (χ1n) is 4.21. The number of carbonyl (C=O) groups excluding carboxylic acids is 2. The van der Waals surface area contributed by atoms with E-state index in [4.69, 9.17) is 0 Å². The second-order valence-corrected chi connectivity index (χ2v) is 3.74.